The molecule has 0 aromatic carbocycles. The molecule has 6 rings (SSSR count). The average molecular weight is 402 g/mol. The maximum absolute atomic E-state index is 13.8. The van der Waals surface area contributed by atoms with Crippen LogP contribution in [0.25, 0.3) is 0 Å². The van der Waals surface area contributed by atoms with Gasteiger partial charge in [-0.2, -0.15) is 0 Å². The van der Waals surface area contributed by atoms with Crippen molar-refractivity contribution in [2.75, 3.05) is 0 Å². The van der Waals surface area contributed by atoms with E-state index in [0.717, 1.165) is 17.8 Å². The van der Waals surface area contributed by atoms with E-state index in [1.165, 1.54) is 103 Å². The molecule has 3 nitrogen and oxygen atoms in total. The van der Waals surface area contributed by atoms with E-state index in [-0.39, 0.29) is 17.1 Å². The van der Waals surface area contributed by atoms with Crippen LogP contribution in [-0.4, -0.2) is 28.7 Å². The molecule has 0 unspecified atom stereocenters. The molecule has 6 aliphatic rings. The molecule has 0 heterocycles. The summed E-state index contributed by atoms with van der Waals surface area (Å²) in [5.41, 5.74) is -0.0934. The van der Waals surface area contributed by atoms with Gasteiger partial charge in [0.2, 0.25) is 0 Å². The monoisotopic (exact) mass is 401 g/mol. The number of hydrogen-bond acceptors (Lipinski definition) is 2. The summed E-state index contributed by atoms with van der Waals surface area (Å²) in [6.45, 7) is 4.52. The second kappa shape index (κ2) is 7.75. The van der Waals surface area contributed by atoms with Gasteiger partial charge in [0.25, 0.3) is 0 Å². The summed E-state index contributed by atoms with van der Waals surface area (Å²) in [6.07, 6.45) is 20.8. The van der Waals surface area contributed by atoms with Crippen LogP contribution in [0.1, 0.15) is 117 Å². The molecule has 29 heavy (non-hydrogen) atoms. The molecule has 0 atom stereocenters. The summed E-state index contributed by atoms with van der Waals surface area (Å²) in [5.74, 6) is 2.69. The van der Waals surface area contributed by atoms with Crippen LogP contribution in [0.3, 0.4) is 0 Å². The minimum Gasteiger partial charge on any atom is -0.443 e. The van der Waals surface area contributed by atoms with Gasteiger partial charge < -0.3 is 9.64 Å². The molecule has 0 radical (unpaired) electrons. The largest absolute Gasteiger partial charge is 0.443 e. The first-order valence-electron chi connectivity index (χ1n) is 13.0. The Labute approximate surface area is 178 Å². The van der Waals surface area contributed by atoms with Crippen molar-refractivity contribution in [1.29, 1.82) is 0 Å². The number of ether oxygens (including phenoxy) is 1. The second-order valence-corrected chi connectivity index (χ2v) is 12.1. The van der Waals surface area contributed by atoms with E-state index < -0.39 is 0 Å². The average Bonchev–Trinajstić information content (AvgIpc) is 2.68. The second-order valence-electron chi connectivity index (χ2n) is 12.1. The Balaban J connectivity index is 1.34. The summed E-state index contributed by atoms with van der Waals surface area (Å²) >= 11 is 0. The lowest BCUT2D eigenvalue weighted by atomic mass is 9.46. The first-order chi connectivity index (χ1) is 14.0. The molecule has 0 spiro atoms. The lowest BCUT2D eigenvalue weighted by molar-refractivity contribution is -0.169. The van der Waals surface area contributed by atoms with Gasteiger partial charge in [-0.15, -0.1) is 0 Å². The molecule has 6 fully saturated rings. The summed E-state index contributed by atoms with van der Waals surface area (Å²) in [7, 11) is 0. The summed E-state index contributed by atoms with van der Waals surface area (Å²) in [6, 6.07) is 0.845. The smallest absolute Gasteiger partial charge is 0.410 e. The standard InChI is InChI=1S/C26H43NO2/c1-25(2,26-16-19-13-20(17-26)15-21(14-19)18-26)29-24(28)27(22-9-5-3-6-10-22)23-11-7-4-8-12-23/h19-23H,3-18H2,1-2H3. The Morgan fingerprint density at radius 3 is 1.59 bits per heavy atom. The molecule has 0 N–H and O–H groups in total. The quantitative estimate of drug-likeness (QED) is 0.503. The molecule has 0 saturated heterocycles. The van der Waals surface area contributed by atoms with Gasteiger partial charge in [-0.05, 0) is 95.8 Å². The van der Waals surface area contributed by atoms with Crippen molar-refractivity contribution in [2.45, 2.75) is 134 Å². The fourth-order valence-electron chi connectivity index (χ4n) is 8.54. The highest BCUT2D eigenvalue weighted by atomic mass is 16.6. The number of amides is 1. The van der Waals surface area contributed by atoms with Gasteiger partial charge in [0, 0.05) is 17.5 Å². The topological polar surface area (TPSA) is 29.5 Å². The predicted molar refractivity (Wildman–Crippen MR) is 117 cm³/mol. The van der Waals surface area contributed by atoms with Crippen molar-refractivity contribution in [2.24, 2.45) is 23.2 Å². The number of rotatable bonds is 4. The summed E-state index contributed by atoms with van der Waals surface area (Å²) in [5, 5.41) is 0. The molecule has 0 aliphatic heterocycles. The fraction of sp³-hybridized carbons (Fsp3) is 0.962. The highest BCUT2D eigenvalue weighted by Crippen LogP contribution is 2.64. The lowest BCUT2D eigenvalue weighted by Crippen LogP contribution is -2.59. The van der Waals surface area contributed by atoms with Crippen LogP contribution < -0.4 is 0 Å². The molecule has 1 amide bonds. The normalized spacial score (nSPS) is 38.2. The molecule has 3 heteroatoms. The zero-order valence-electron chi connectivity index (χ0n) is 19.0. The minimum absolute atomic E-state index is 0.0320. The Hall–Kier alpha value is -0.730. The fourth-order valence-corrected chi connectivity index (χ4v) is 8.54. The van der Waals surface area contributed by atoms with E-state index in [0.29, 0.717) is 12.1 Å². The molecular formula is C26H43NO2. The molecule has 164 valence electrons. The number of carbonyl (C=O) groups excluding carboxylic acids is 1. The van der Waals surface area contributed by atoms with Crippen molar-refractivity contribution in [3.63, 3.8) is 0 Å². The van der Waals surface area contributed by atoms with Crippen LogP contribution in [0.4, 0.5) is 4.79 Å². The zero-order chi connectivity index (χ0) is 20.1. The number of nitrogens with zero attached hydrogens (tertiary/aromatic N) is 1. The molecule has 4 bridgehead atoms. The third-order valence-corrected chi connectivity index (χ3v) is 9.80. The summed E-state index contributed by atoms with van der Waals surface area (Å²) < 4.78 is 6.58. The maximum atomic E-state index is 13.8. The van der Waals surface area contributed by atoms with E-state index in [9.17, 15) is 4.79 Å². The van der Waals surface area contributed by atoms with Crippen molar-refractivity contribution in [1.82, 2.24) is 4.90 Å². The third-order valence-electron chi connectivity index (χ3n) is 9.80. The van der Waals surface area contributed by atoms with Gasteiger partial charge in [0.1, 0.15) is 5.60 Å². The van der Waals surface area contributed by atoms with E-state index in [2.05, 4.69) is 18.7 Å². The summed E-state index contributed by atoms with van der Waals surface area (Å²) in [4.78, 5) is 16.0. The number of carbonyl (C=O) groups is 1. The lowest BCUT2D eigenvalue weighted by Gasteiger charge is -2.61. The highest BCUT2D eigenvalue weighted by molar-refractivity contribution is 5.69. The minimum atomic E-state index is -0.332. The van der Waals surface area contributed by atoms with Crippen LogP contribution in [0.15, 0.2) is 0 Å². The van der Waals surface area contributed by atoms with E-state index in [1.807, 2.05) is 0 Å². The van der Waals surface area contributed by atoms with Crippen LogP contribution in [0.5, 0.6) is 0 Å². The van der Waals surface area contributed by atoms with Gasteiger partial charge in [0.15, 0.2) is 0 Å². The van der Waals surface area contributed by atoms with Crippen molar-refractivity contribution >= 4 is 6.09 Å². The van der Waals surface area contributed by atoms with Gasteiger partial charge in [-0.25, -0.2) is 4.79 Å². The van der Waals surface area contributed by atoms with Crippen LogP contribution in [0.2, 0.25) is 0 Å². The van der Waals surface area contributed by atoms with Crippen LogP contribution >= 0.6 is 0 Å². The third kappa shape index (κ3) is 3.74. The first-order valence-corrected chi connectivity index (χ1v) is 13.0. The molecule has 0 aromatic heterocycles. The van der Waals surface area contributed by atoms with Crippen LogP contribution in [-0.2, 0) is 4.74 Å². The van der Waals surface area contributed by atoms with Gasteiger partial charge in [-0.1, -0.05) is 38.5 Å². The van der Waals surface area contributed by atoms with Crippen molar-refractivity contribution < 1.29 is 9.53 Å². The Bertz CT molecular complexity index is 547. The van der Waals surface area contributed by atoms with Crippen LogP contribution in [0, 0.1) is 23.2 Å². The van der Waals surface area contributed by atoms with E-state index in [1.54, 1.807) is 0 Å². The molecule has 0 aromatic rings. The molecule has 6 aliphatic carbocycles. The molecular weight excluding hydrogens is 358 g/mol. The van der Waals surface area contributed by atoms with Crippen molar-refractivity contribution in [3.05, 3.63) is 0 Å². The SMILES string of the molecule is CC(C)(OC(=O)N(C1CCCCC1)C1CCCCC1)C12CC3CC(CC(C3)C1)C2. The van der Waals surface area contributed by atoms with E-state index >= 15 is 0 Å². The van der Waals surface area contributed by atoms with Gasteiger partial charge in [-0.3, -0.25) is 0 Å². The van der Waals surface area contributed by atoms with Crippen molar-refractivity contribution in [3.8, 4) is 0 Å². The molecule has 6 saturated carbocycles. The Kier molecular flexibility index (Phi) is 5.40. The number of hydrogen-bond donors (Lipinski definition) is 0. The Morgan fingerprint density at radius 2 is 1.17 bits per heavy atom. The predicted octanol–water partition coefficient (Wildman–Crippen LogP) is 7.09. The zero-order valence-corrected chi connectivity index (χ0v) is 19.0. The first kappa shape index (κ1) is 20.2. The van der Waals surface area contributed by atoms with E-state index in [4.69, 9.17) is 4.74 Å². The Morgan fingerprint density at radius 1 is 0.759 bits per heavy atom. The maximum Gasteiger partial charge on any atom is 0.410 e. The van der Waals surface area contributed by atoms with Gasteiger partial charge in [0.05, 0.1) is 0 Å². The van der Waals surface area contributed by atoms with Gasteiger partial charge >= 0.3 is 6.09 Å². The highest BCUT2D eigenvalue weighted by Gasteiger charge is 2.59.